The second-order valence-electron chi connectivity index (χ2n) is 5.93. The maximum atomic E-state index is 12.6. The number of likely N-dealkylation sites (N-methyl/N-ethyl adjacent to an activating group) is 1. The van der Waals surface area contributed by atoms with Crippen molar-refractivity contribution in [1.82, 2.24) is 9.62 Å². The van der Waals surface area contributed by atoms with Crippen LogP contribution < -0.4 is 5.32 Å². The highest BCUT2D eigenvalue weighted by molar-refractivity contribution is 7.89. The van der Waals surface area contributed by atoms with Gasteiger partial charge in [-0.3, -0.25) is 4.79 Å². The van der Waals surface area contributed by atoms with Gasteiger partial charge < -0.3 is 10.1 Å². The number of hydrogen-bond acceptors (Lipinski definition) is 5. The number of nitrogens with zero attached hydrogens (tertiary/aromatic N) is 1. The summed E-state index contributed by atoms with van der Waals surface area (Å²) in [5, 5.41) is 2.57. The number of sulfonamides is 1. The maximum absolute atomic E-state index is 12.6. The van der Waals surface area contributed by atoms with Crippen LogP contribution in [0.15, 0.2) is 29.2 Å². The number of amides is 1. The van der Waals surface area contributed by atoms with Crippen molar-refractivity contribution in [2.24, 2.45) is 0 Å². The first-order chi connectivity index (χ1) is 11.9. The summed E-state index contributed by atoms with van der Waals surface area (Å²) in [6.07, 6.45) is 1.85. The van der Waals surface area contributed by atoms with Gasteiger partial charge in [-0.05, 0) is 51.0 Å². The summed E-state index contributed by atoms with van der Waals surface area (Å²) in [5.41, 5.74) is 0.203. The van der Waals surface area contributed by atoms with Crippen molar-refractivity contribution in [2.75, 3.05) is 19.6 Å². The fourth-order valence-electron chi connectivity index (χ4n) is 2.62. The molecule has 8 heteroatoms. The molecule has 1 saturated heterocycles. The lowest BCUT2D eigenvalue weighted by Crippen LogP contribution is -2.36. The molecule has 0 saturated carbocycles. The summed E-state index contributed by atoms with van der Waals surface area (Å²) < 4.78 is 31.7. The van der Waals surface area contributed by atoms with Gasteiger partial charge in [-0.25, -0.2) is 13.2 Å². The molecule has 2 rings (SSSR count). The molecular weight excluding hydrogens is 344 g/mol. The normalized spacial score (nSPS) is 16.9. The van der Waals surface area contributed by atoms with Gasteiger partial charge in [-0.15, -0.1) is 0 Å². The molecule has 0 radical (unpaired) electrons. The van der Waals surface area contributed by atoms with Crippen LogP contribution in [0.2, 0.25) is 0 Å². The molecule has 1 aliphatic rings. The Morgan fingerprint density at radius 1 is 1.16 bits per heavy atom. The van der Waals surface area contributed by atoms with E-state index in [2.05, 4.69) is 5.32 Å². The highest BCUT2D eigenvalue weighted by Crippen LogP contribution is 2.21. The van der Waals surface area contributed by atoms with Crippen molar-refractivity contribution in [1.29, 1.82) is 0 Å². The average Bonchev–Trinajstić information content (AvgIpc) is 2.62. The zero-order chi connectivity index (χ0) is 18.4. The lowest BCUT2D eigenvalue weighted by Gasteiger charge is -2.25. The number of esters is 1. The first-order valence-electron chi connectivity index (χ1n) is 8.45. The van der Waals surface area contributed by atoms with Crippen LogP contribution in [0.1, 0.15) is 43.5 Å². The van der Waals surface area contributed by atoms with E-state index < -0.39 is 22.1 Å². The van der Waals surface area contributed by atoms with Crippen molar-refractivity contribution < 1.29 is 22.7 Å². The summed E-state index contributed by atoms with van der Waals surface area (Å²) in [5.74, 6) is -1.04. The molecule has 0 unspecified atom stereocenters. The zero-order valence-corrected chi connectivity index (χ0v) is 15.3. The van der Waals surface area contributed by atoms with Crippen LogP contribution in [0, 0.1) is 0 Å². The lowest BCUT2D eigenvalue weighted by atomic mass is 10.2. The molecule has 1 aliphatic heterocycles. The minimum atomic E-state index is -3.53. The first-order valence-corrected chi connectivity index (χ1v) is 9.89. The predicted molar refractivity (Wildman–Crippen MR) is 92.6 cm³/mol. The quantitative estimate of drug-likeness (QED) is 0.769. The molecule has 0 aromatic heterocycles. The van der Waals surface area contributed by atoms with Gasteiger partial charge in [-0.1, -0.05) is 6.42 Å². The van der Waals surface area contributed by atoms with Crippen molar-refractivity contribution in [3.63, 3.8) is 0 Å². The van der Waals surface area contributed by atoms with Crippen molar-refractivity contribution in [2.45, 2.75) is 44.1 Å². The van der Waals surface area contributed by atoms with E-state index >= 15 is 0 Å². The van der Waals surface area contributed by atoms with Gasteiger partial charge in [0.25, 0.3) is 5.91 Å². The molecule has 1 heterocycles. The number of ether oxygens (including phenoxy) is 1. The van der Waals surface area contributed by atoms with Gasteiger partial charge in [0, 0.05) is 19.6 Å². The fraction of sp³-hybridized carbons (Fsp3) is 0.529. The van der Waals surface area contributed by atoms with Gasteiger partial charge >= 0.3 is 5.97 Å². The molecule has 1 amide bonds. The molecule has 1 aromatic rings. The van der Waals surface area contributed by atoms with Crippen LogP contribution in [0.5, 0.6) is 0 Å². The largest absolute Gasteiger partial charge is 0.449 e. The van der Waals surface area contributed by atoms with E-state index in [4.69, 9.17) is 4.74 Å². The van der Waals surface area contributed by atoms with E-state index in [0.29, 0.717) is 19.6 Å². The van der Waals surface area contributed by atoms with Crippen LogP contribution in [-0.4, -0.2) is 50.3 Å². The molecule has 25 heavy (non-hydrogen) atoms. The van der Waals surface area contributed by atoms with Gasteiger partial charge in [-0.2, -0.15) is 4.31 Å². The average molecular weight is 368 g/mol. The summed E-state index contributed by atoms with van der Waals surface area (Å²) >= 11 is 0. The van der Waals surface area contributed by atoms with Crippen molar-refractivity contribution in [3.8, 4) is 0 Å². The Morgan fingerprint density at radius 2 is 1.76 bits per heavy atom. The second-order valence-corrected chi connectivity index (χ2v) is 7.87. The summed E-state index contributed by atoms with van der Waals surface area (Å²) in [6, 6.07) is 5.61. The third-order valence-corrected chi connectivity index (χ3v) is 5.96. The number of carbonyl (C=O) groups excluding carboxylic acids is 2. The number of benzene rings is 1. The third-order valence-electron chi connectivity index (χ3n) is 4.05. The predicted octanol–water partition coefficient (Wildman–Crippen LogP) is 1.54. The number of piperidine rings is 1. The van der Waals surface area contributed by atoms with E-state index in [-0.39, 0.29) is 16.4 Å². The van der Waals surface area contributed by atoms with Gasteiger partial charge in [0.2, 0.25) is 10.0 Å². The Balaban J connectivity index is 2.06. The number of hydrogen-bond donors (Lipinski definition) is 1. The summed E-state index contributed by atoms with van der Waals surface area (Å²) in [7, 11) is -3.53. The van der Waals surface area contributed by atoms with Gasteiger partial charge in [0.05, 0.1) is 10.5 Å². The minimum Gasteiger partial charge on any atom is -0.449 e. The summed E-state index contributed by atoms with van der Waals surface area (Å²) in [6.45, 7) is 4.75. The number of rotatable bonds is 6. The standard InChI is InChI=1S/C17H24N2O5S/c1-3-18-16(20)13(2)24-17(21)14-7-9-15(10-8-14)25(22,23)19-11-5-4-6-12-19/h7-10,13H,3-6,11-12H2,1-2H3,(H,18,20)/t13-/m1/s1. The van der Waals surface area contributed by atoms with E-state index in [9.17, 15) is 18.0 Å². The van der Waals surface area contributed by atoms with E-state index in [1.807, 2.05) is 0 Å². The van der Waals surface area contributed by atoms with Crippen LogP contribution in [0.4, 0.5) is 0 Å². The molecule has 1 fully saturated rings. The first kappa shape index (κ1) is 19.4. The third kappa shape index (κ3) is 4.79. The molecule has 1 N–H and O–H groups in total. The highest BCUT2D eigenvalue weighted by atomic mass is 32.2. The van der Waals surface area contributed by atoms with Crippen LogP contribution in [0.25, 0.3) is 0 Å². The van der Waals surface area contributed by atoms with E-state index in [0.717, 1.165) is 19.3 Å². The maximum Gasteiger partial charge on any atom is 0.338 e. The van der Waals surface area contributed by atoms with E-state index in [1.165, 1.54) is 35.5 Å². The topological polar surface area (TPSA) is 92.8 Å². The molecule has 1 aromatic carbocycles. The molecular formula is C17H24N2O5S. The Labute approximate surface area is 148 Å². The lowest BCUT2D eigenvalue weighted by molar-refractivity contribution is -0.128. The monoisotopic (exact) mass is 368 g/mol. The fourth-order valence-corrected chi connectivity index (χ4v) is 4.13. The SMILES string of the molecule is CCNC(=O)[C@@H](C)OC(=O)c1ccc(S(=O)(=O)N2CCCCC2)cc1. The molecule has 138 valence electrons. The van der Waals surface area contributed by atoms with Gasteiger partial charge in [0.1, 0.15) is 0 Å². The molecule has 0 bridgehead atoms. The van der Waals surface area contributed by atoms with Crippen molar-refractivity contribution in [3.05, 3.63) is 29.8 Å². The van der Waals surface area contributed by atoms with Crippen LogP contribution >= 0.6 is 0 Å². The molecule has 0 aliphatic carbocycles. The Morgan fingerprint density at radius 3 is 2.32 bits per heavy atom. The highest BCUT2D eigenvalue weighted by Gasteiger charge is 2.26. The second kappa shape index (κ2) is 8.44. The summed E-state index contributed by atoms with van der Waals surface area (Å²) in [4.78, 5) is 23.8. The molecule has 1 atom stereocenters. The molecule has 7 nitrogen and oxygen atoms in total. The van der Waals surface area contributed by atoms with Crippen LogP contribution in [0.3, 0.4) is 0 Å². The minimum absolute atomic E-state index is 0.155. The Hall–Kier alpha value is -1.93. The number of nitrogens with one attached hydrogen (secondary N) is 1. The van der Waals surface area contributed by atoms with Crippen LogP contribution in [-0.2, 0) is 19.6 Å². The van der Waals surface area contributed by atoms with E-state index in [1.54, 1.807) is 6.92 Å². The Kier molecular flexibility index (Phi) is 6.55. The van der Waals surface area contributed by atoms with Crippen molar-refractivity contribution >= 4 is 21.9 Å². The van der Waals surface area contributed by atoms with Gasteiger partial charge in [0.15, 0.2) is 6.10 Å². The zero-order valence-electron chi connectivity index (χ0n) is 14.5. The number of carbonyl (C=O) groups is 2. The smallest absolute Gasteiger partial charge is 0.338 e. The molecule has 0 spiro atoms. The Bertz CT molecular complexity index is 709.